The van der Waals surface area contributed by atoms with E-state index in [4.69, 9.17) is 0 Å². The summed E-state index contributed by atoms with van der Waals surface area (Å²) >= 11 is 0. The Morgan fingerprint density at radius 2 is 2.05 bits per heavy atom. The predicted molar refractivity (Wildman–Crippen MR) is 78.7 cm³/mol. The van der Waals surface area contributed by atoms with Crippen molar-refractivity contribution in [3.05, 3.63) is 36.0 Å². The van der Waals surface area contributed by atoms with E-state index in [2.05, 4.69) is 4.98 Å². The number of amides is 1. The second-order valence-electron chi connectivity index (χ2n) is 5.84. The number of rotatable bonds is 3. The molecule has 106 valence electrons. The molecule has 1 fully saturated rings. The van der Waals surface area contributed by atoms with E-state index in [1.54, 1.807) is 18.1 Å². The minimum Gasteiger partial charge on any atom is -0.388 e. The highest BCUT2D eigenvalue weighted by Gasteiger charge is 2.33. The summed E-state index contributed by atoms with van der Waals surface area (Å²) in [5.41, 5.74) is 0.935. The highest BCUT2D eigenvalue weighted by Crippen LogP contribution is 2.30. The summed E-state index contributed by atoms with van der Waals surface area (Å²) in [5.74, 6) is -0.0391. The number of para-hydroxylation sites is 1. The van der Waals surface area contributed by atoms with Crippen LogP contribution in [0, 0.1) is 0 Å². The number of benzene rings is 1. The monoisotopic (exact) mass is 272 g/mol. The van der Waals surface area contributed by atoms with Gasteiger partial charge >= 0.3 is 0 Å². The number of likely N-dealkylation sites (N-methyl/N-ethyl adjacent to an activating group) is 1. The van der Waals surface area contributed by atoms with Crippen LogP contribution in [0.1, 0.15) is 36.0 Å². The molecule has 4 nitrogen and oxygen atoms in total. The minimum atomic E-state index is -0.698. The molecule has 0 aliphatic heterocycles. The standard InChI is InChI=1S/C16H20N2O2/c1-18(11-16(20)8-4-5-9-16)15(19)13-10-17-14-7-3-2-6-12(13)14/h2-3,6-7,10,17,20H,4-5,8-9,11H2,1H3. The first-order valence-electron chi connectivity index (χ1n) is 7.13. The fraction of sp³-hybridized carbons (Fsp3) is 0.438. The van der Waals surface area contributed by atoms with E-state index in [0.717, 1.165) is 36.6 Å². The van der Waals surface area contributed by atoms with Gasteiger partial charge in [-0.1, -0.05) is 31.0 Å². The topological polar surface area (TPSA) is 56.3 Å². The van der Waals surface area contributed by atoms with Crippen molar-refractivity contribution in [3.8, 4) is 0 Å². The molecule has 1 heterocycles. The lowest BCUT2D eigenvalue weighted by Gasteiger charge is -2.28. The highest BCUT2D eigenvalue weighted by atomic mass is 16.3. The average molecular weight is 272 g/mol. The summed E-state index contributed by atoms with van der Waals surface area (Å²) in [6.07, 6.45) is 5.43. The van der Waals surface area contributed by atoms with Gasteiger partial charge in [-0.3, -0.25) is 4.79 Å². The van der Waals surface area contributed by atoms with E-state index in [0.29, 0.717) is 12.1 Å². The summed E-state index contributed by atoms with van der Waals surface area (Å²) < 4.78 is 0. The van der Waals surface area contributed by atoms with E-state index in [-0.39, 0.29) is 5.91 Å². The van der Waals surface area contributed by atoms with Crippen molar-refractivity contribution in [3.63, 3.8) is 0 Å². The maximum atomic E-state index is 12.5. The first-order chi connectivity index (χ1) is 9.59. The third kappa shape index (κ3) is 2.31. The van der Waals surface area contributed by atoms with Gasteiger partial charge in [-0.2, -0.15) is 0 Å². The fourth-order valence-corrected chi connectivity index (χ4v) is 3.16. The summed E-state index contributed by atoms with van der Waals surface area (Å²) in [7, 11) is 1.76. The molecule has 2 aromatic rings. The van der Waals surface area contributed by atoms with Crippen LogP contribution in [0.5, 0.6) is 0 Å². The molecule has 0 bridgehead atoms. The van der Waals surface area contributed by atoms with Gasteiger partial charge in [-0.25, -0.2) is 0 Å². The molecule has 1 amide bonds. The van der Waals surface area contributed by atoms with Gasteiger partial charge in [0.15, 0.2) is 0 Å². The Hall–Kier alpha value is -1.81. The van der Waals surface area contributed by atoms with E-state index >= 15 is 0 Å². The first kappa shape index (κ1) is 13.2. The Bertz CT molecular complexity index is 626. The SMILES string of the molecule is CN(CC1(O)CCCC1)C(=O)c1c[nH]c2ccccc12. The second kappa shape index (κ2) is 4.94. The van der Waals surface area contributed by atoms with Crippen LogP contribution in [0.2, 0.25) is 0 Å². The number of aliphatic hydroxyl groups is 1. The average Bonchev–Trinajstić information content (AvgIpc) is 3.04. The quantitative estimate of drug-likeness (QED) is 0.902. The van der Waals surface area contributed by atoms with Crippen molar-refractivity contribution in [2.24, 2.45) is 0 Å². The number of nitrogens with zero attached hydrogens (tertiary/aromatic N) is 1. The zero-order chi connectivity index (χ0) is 14.2. The van der Waals surface area contributed by atoms with Gasteiger partial charge in [0.1, 0.15) is 0 Å². The molecule has 0 radical (unpaired) electrons. The van der Waals surface area contributed by atoms with Gasteiger partial charge in [-0.05, 0) is 18.9 Å². The normalized spacial score (nSPS) is 17.5. The number of nitrogens with one attached hydrogen (secondary N) is 1. The molecule has 1 aliphatic carbocycles. The molecular weight excluding hydrogens is 252 g/mol. The van der Waals surface area contributed by atoms with Crippen LogP contribution in [-0.4, -0.2) is 40.1 Å². The number of H-pyrrole nitrogens is 1. The zero-order valence-corrected chi connectivity index (χ0v) is 11.7. The first-order valence-corrected chi connectivity index (χ1v) is 7.13. The van der Waals surface area contributed by atoms with Crippen LogP contribution in [0.3, 0.4) is 0 Å². The Morgan fingerprint density at radius 1 is 1.35 bits per heavy atom. The molecule has 1 aromatic carbocycles. The number of aromatic amines is 1. The third-order valence-electron chi connectivity index (χ3n) is 4.23. The molecule has 1 aromatic heterocycles. The maximum Gasteiger partial charge on any atom is 0.255 e. The maximum absolute atomic E-state index is 12.5. The van der Waals surface area contributed by atoms with Gasteiger partial charge in [0.2, 0.25) is 0 Å². The fourth-order valence-electron chi connectivity index (χ4n) is 3.16. The smallest absolute Gasteiger partial charge is 0.255 e. The van der Waals surface area contributed by atoms with E-state index < -0.39 is 5.60 Å². The second-order valence-corrected chi connectivity index (χ2v) is 5.84. The molecular formula is C16H20N2O2. The van der Waals surface area contributed by atoms with Crippen LogP contribution in [0.15, 0.2) is 30.5 Å². The Balaban J connectivity index is 1.81. The molecule has 1 saturated carbocycles. The number of aromatic nitrogens is 1. The largest absolute Gasteiger partial charge is 0.388 e. The van der Waals surface area contributed by atoms with Crippen molar-refractivity contribution in [1.82, 2.24) is 9.88 Å². The van der Waals surface area contributed by atoms with Gasteiger partial charge in [0.05, 0.1) is 11.2 Å². The highest BCUT2D eigenvalue weighted by molar-refractivity contribution is 6.06. The van der Waals surface area contributed by atoms with Crippen LogP contribution >= 0.6 is 0 Å². The molecule has 3 rings (SSSR count). The Kier molecular flexibility index (Phi) is 3.26. The van der Waals surface area contributed by atoms with Gasteiger partial charge in [-0.15, -0.1) is 0 Å². The number of fused-ring (bicyclic) bond motifs is 1. The van der Waals surface area contributed by atoms with Gasteiger partial charge < -0.3 is 15.0 Å². The lowest BCUT2D eigenvalue weighted by atomic mass is 10.0. The van der Waals surface area contributed by atoms with E-state index in [1.807, 2.05) is 24.3 Å². The van der Waals surface area contributed by atoms with Gasteiger partial charge in [0, 0.05) is 30.7 Å². The third-order valence-corrected chi connectivity index (χ3v) is 4.23. The molecule has 0 unspecified atom stereocenters. The Morgan fingerprint density at radius 3 is 2.80 bits per heavy atom. The van der Waals surface area contributed by atoms with Gasteiger partial charge in [0.25, 0.3) is 5.91 Å². The van der Waals surface area contributed by atoms with Crippen molar-refractivity contribution < 1.29 is 9.90 Å². The Labute approximate surface area is 118 Å². The van der Waals surface area contributed by atoms with Crippen molar-refractivity contribution in [2.45, 2.75) is 31.3 Å². The predicted octanol–water partition coefficient (Wildman–Crippen LogP) is 2.55. The van der Waals surface area contributed by atoms with Crippen molar-refractivity contribution in [1.29, 1.82) is 0 Å². The van der Waals surface area contributed by atoms with Crippen LogP contribution in [0.4, 0.5) is 0 Å². The number of hydrogen-bond donors (Lipinski definition) is 2. The summed E-state index contributed by atoms with van der Waals surface area (Å²) in [6.45, 7) is 0.408. The number of hydrogen-bond acceptors (Lipinski definition) is 2. The zero-order valence-electron chi connectivity index (χ0n) is 11.7. The van der Waals surface area contributed by atoms with Crippen LogP contribution in [0.25, 0.3) is 10.9 Å². The van der Waals surface area contributed by atoms with Crippen molar-refractivity contribution >= 4 is 16.8 Å². The molecule has 20 heavy (non-hydrogen) atoms. The minimum absolute atomic E-state index is 0.0391. The molecule has 2 N–H and O–H groups in total. The molecule has 0 spiro atoms. The van der Waals surface area contributed by atoms with E-state index in [9.17, 15) is 9.90 Å². The molecule has 1 aliphatic rings. The lowest BCUT2D eigenvalue weighted by molar-refractivity contribution is 0.0157. The number of carbonyl (C=O) groups excluding carboxylic acids is 1. The summed E-state index contributed by atoms with van der Waals surface area (Å²) in [6, 6.07) is 7.77. The number of carbonyl (C=O) groups is 1. The summed E-state index contributed by atoms with van der Waals surface area (Å²) in [5, 5.41) is 11.4. The van der Waals surface area contributed by atoms with Crippen LogP contribution < -0.4 is 0 Å². The van der Waals surface area contributed by atoms with E-state index in [1.165, 1.54) is 0 Å². The van der Waals surface area contributed by atoms with Crippen molar-refractivity contribution in [2.75, 3.05) is 13.6 Å². The van der Waals surface area contributed by atoms with Crippen LogP contribution in [-0.2, 0) is 0 Å². The lowest BCUT2D eigenvalue weighted by Crippen LogP contribution is -2.42. The molecule has 4 heteroatoms. The summed E-state index contributed by atoms with van der Waals surface area (Å²) in [4.78, 5) is 17.3. The molecule has 0 saturated heterocycles. The molecule has 0 atom stereocenters.